The topological polar surface area (TPSA) is 118 Å². The van der Waals surface area contributed by atoms with Gasteiger partial charge in [-0.25, -0.2) is 9.37 Å². The summed E-state index contributed by atoms with van der Waals surface area (Å²) in [6, 6.07) is 9.64. The third-order valence-electron chi connectivity index (χ3n) is 6.89. The fourth-order valence-electron chi connectivity index (χ4n) is 5.00. The fraction of sp³-hybridized carbons (Fsp3) is 0.259. The van der Waals surface area contributed by atoms with Crippen molar-refractivity contribution in [3.63, 3.8) is 0 Å². The first kappa shape index (κ1) is 23.0. The molecule has 1 aliphatic rings. The average Bonchev–Trinajstić information content (AvgIpc) is 3.40. The van der Waals surface area contributed by atoms with Crippen LogP contribution in [0.15, 0.2) is 48.9 Å². The van der Waals surface area contributed by atoms with E-state index in [1.165, 1.54) is 0 Å². The van der Waals surface area contributed by atoms with Gasteiger partial charge in [0.1, 0.15) is 18.2 Å². The minimum absolute atomic E-state index is 0.0588. The maximum absolute atomic E-state index is 15.2. The molecule has 5 heterocycles. The number of halogens is 1. The molecule has 0 atom stereocenters. The van der Waals surface area contributed by atoms with Crippen LogP contribution in [0.1, 0.15) is 30.8 Å². The number of amides is 1. The molecule has 0 radical (unpaired) electrons. The number of anilines is 3. The summed E-state index contributed by atoms with van der Waals surface area (Å²) in [5.41, 5.74) is 9.50. The minimum atomic E-state index is -0.440. The number of aromatic nitrogens is 5. The smallest absolute Gasteiger partial charge is 0.244 e. The van der Waals surface area contributed by atoms with Crippen LogP contribution in [0.4, 0.5) is 21.7 Å². The molecule has 5 aromatic rings. The maximum Gasteiger partial charge on any atom is 0.244 e. The van der Waals surface area contributed by atoms with Crippen LogP contribution in [-0.2, 0) is 24.2 Å². The lowest BCUT2D eigenvalue weighted by atomic mass is 10.0. The maximum atomic E-state index is 15.2. The highest BCUT2D eigenvalue weighted by Crippen LogP contribution is 2.30. The molecule has 0 unspecified atom stereocenters. The summed E-state index contributed by atoms with van der Waals surface area (Å²) in [6.45, 7) is 4.91. The van der Waals surface area contributed by atoms with Crippen molar-refractivity contribution >= 4 is 44.9 Å². The molecule has 0 aliphatic carbocycles. The number of fused-ring (bicyclic) bond motifs is 3. The van der Waals surface area contributed by atoms with Gasteiger partial charge in [-0.05, 0) is 49.1 Å². The highest BCUT2D eigenvalue weighted by Gasteiger charge is 2.24. The Balaban J connectivity index is 1.27. The van der Waals surface area contributed by atoms with Crippen molar-refractivity contribution in [3.05, 3.63) is 71.7 Å². The van der Waals surface area contributed by atoms with Crippen LogP contribution in [-0.4, -0.2) is 48.1 Å². The predicted molar refractivity (Wildman–Crippen MR) is 141 cm³/mol. The Labute approximate surface area is 212 Å². The van der Waals surface area contributed by atoms with E-state index in [0.29, 0.717) is 35.6 Å². The van der Waals surface area contributed by atoms with Crippen LogP contribution in [0, 0.1) is 5.82 Å². The number of benzene rings is 1. The number of nitrogen functional groups attached to an aromatic ring is 1. The molecule has 1 aromatic carbocycles. The summed E-state index contributed by atoms with van der Waals surface area (Å²) in [7, 11) is 0. The van der Waals surface area contributed by atoms with E-state index < -0.39 is 5.82 Å². The van der Waals surface area contributed by atoms with Gasteiger partial charge in [0.05, 0.1) is 17.4 Å². The zero-order valence-electron chi connectivity index (χ0n) is 20.6. The van der Waals surface area contributed by atoms with Crippen molar-refractivity contribution in [2.75, 3.05) is 17.6 Å². The van der Waals surface area contributed by atoms with E-state index in [1.54, 1.807) is 29.3 Å². The van der Waals surface area contributed by atoms with Crippen molar-refractivity contribution in [2.24, 2.45) is 0 Å². The van der Waals surface area contributed by atoms with E-state index >= 15 is 4.39 Å². The number of hydrogen-bond acceptors (Lipinski definition) is 6. The molecule has 4 N–H and O–H groups in total. The molecule has 9 nitrogen and oxygen atoms in total. The van der Waals surface area contributed by atoms with Gasteiger partial charge in [-0.1, -0.05) is 0 Å². The molecule has 188 valence electrons. The van der Waals surface area contributed by atoms with Crippen molar-refractivity contribution in [2.45, 2.75) is 39.3 Å². The fourth-order valence-corrected chi connectivity index (χ4v) is 5.00. The van der Waals surface area contributed by atoms with Crippen LogP contribution < -0.4 is 11.1 Å². The van der Waals surface area contributed by atoms with E-state index in [1.807, 2.05) is 43.0 Å². The lowest BCUT2D eigenvalue weighted by molar-refractivity contribution is -0.133. The van der Waals surface area contributed by atoms with E-state index in [-0.39, 0.29) is 24.2 Å². The molecule has 6 rings (SSSR count). The van der Waals surface area contributed by atoms with Gasteiger partial charge in [0.2, 0.25) is 5.91 Å². The van der Waals surface area contributed by atoms with Crippen LogP contribution in [0.2, 0.25) is 0 Å². The Kier molecular flexibility index (Phi) is 5.51. The molecular formula is C27H27FN8O. The molecule has 4 aromatic heterocycles. The molecule has 10 heteroatoms. The Bertz CT molecular complexity index is 1620. The number of aromatic amines is 1. The number of nitrogens with one attached hydrogen (secondary N) is 2. The number of H-pyrrole nitrogens is 1. The third kappa shape index (κ3) is 4.24. The van der Waals surface area contributed by atoms with Gasteiger partial charge >= 0.3 is 0 Å². The Morgan fingerprint density at radius 2 is 2.03 bits per heavy atom. The van der Waals surface area contributed by atoms with Crippen molar-refractivity contribution in [1.82, 2.24) is 29.6 Å². The van der Waals surface area contributed by atoms with Crippen LogP contribution >= 0.6 is 0 Å². The second-order valence-electron chi connectivity index (χ2n) is 9.72. The van der Waals surface area contributed by atoms with Crippen LogP contribution in [0.5, 0.6) is 0 Å². The quantitative estimate of drug-likeness (QED) is 0.313. The van der Waals surface area contributed by atoms with E-state index in [0.717, 1.165) is 34.1 Å². The number of nitrogens with two attached hydrogens (primary N) is 1. The number of carbonyl (C=O) groups excluding carboxylic acids is 1. The van der Waals surface area contributed by atoms with E-state index in [2.05, 4.69) is 25.4 Å². The molecule has 1 aliphatic heterocycles. The van der Waals surface area contributed by atoms with Gasteiger partial charge in [0.15, 0.2) is 5.82 Å². The Morgan fingerprint density at radius 1 is 1.16 bits per heavy atom. The number of carbonyl (C=O) groups is 1. The molecule has 0 fully saturated rings. The summed E-state index contributed by atoms with van der Waals surface area (Å²) in [6.07, 6.45) is 6.14. The highest BCUT2D eigenvalue weighted by molar-refractivity contribution is 5.95. The van der Waals surface area contributed by atoms with Gasteiger partial charge in [-0.3, -0.25) is 14.5 Å². The normalized spacial score (nSPS) is 13.9. The first-order chi connectivity index (χ1) is 17.9. The summed E-state index contributed by atoms with van der Waals surface area (Å²) < 4.78 is 16.9. The summed E-state index contributed by atoms with van der Waals surface area (Å²) in [5, 5.41) is 10.1. The summed E-state index contributed by atoms with van der Waals surface area (Å²) in [4.78, 5) is 26.3. The standard InChI is InChI=1S/C27H27FN8O/c1-15(2)35-6-4-20-11-24(34-36(20)14-25(35)37)33-23-10-17-7-18(26(28)27(29)21(17)12-31-23)9-19-8-16-3-5-30-13-22(16)32-19/h3,5,7-8,10-13,15,32H,4,6,9,14,29H2,1-2H3,(H,31,33,34). The predicted octanol–water partition coefficient (Wildman–Crippen LogP) is 4.16. The Hall–Kier alpha value is -4.47. The Morgan fingerprint density at radius 3 is 2.84 bits per heavy atom. The van der Waals surface area contributed by atoms with Gasteiger partial charge in [0.25, 0.3) is 0 Å². The number of nitrogens with zero attached hydrogens (tertiary/aromatic N) is 5. The average molecular weight is 499 g/mol. The van der Waals surface area contributed by atoms with Gasteiger partial charge in [0, 0.05) is 66.0 Å². The van der Waals surface area contributed by atoms with E-state index in [4.69, 9.17) is 5.73 Å². The van der Waals surface area contributed by atoms with Crippen LogP contribution in [0.25, 0.3) is 21.7 Å². The van der Waals surface area contributed by atoms with Gasteiger partial charge < -0.3 is 20.9 Å². The molecule has 1 amide bonds. The first-order valence-electron chi connectivity index (χ1n) is 12.3. The van der Waals surface area contributed by atoms with Gasteiger partial charge in [-0.2, -0.15) is 5.10 Å². The van der Waals surface area contributed by atoms with E-state index in [9.17, 15) is 4.79 Å². The second-order valence-corrected chi connectivity index (χ2v) is 9.72. The monoisotopic (exact) mass is 498 g/mol. The number of pyridine rings is 2. The molecule has 0 saturated heterocycles. The highest BCUT2D eigenvalue weighted by atomic mass is 19.1. The van der Waals surface area contributed by atoms with Crippen molar-refractivity contribution in [3.8, 4) is 0 Å². The van der Waals surface area contributed by atoms with Gasteiger partial charge in [-0.15, -0.1) is 0 Å². The number of hydrogen-bond donors (Lipinski definition) is 3. The van der Waals surface area contributed by atoms with Crippen molar-refractivity contribution < 1.29 is 9.18 Å². The molecule has 0 saturated carbocycles. The van der Waals surface area contributed by atoms with Crippen molar-refractivity contribution in [1.29, 1.82) is 0 Å². The first-order valence-corrected chi connectivity index (χ1v) is 12.3. The third-order valence-corrected chi connectivity index (χ3v) is 6.89. The zero-order valence-corrected chi connectivity index (χ0v) is 20.6. The molecule has 0 spiro atoms. The summed E-state index contributed by atoms with van der Waals surface area (Å²) in [5.74, 6) is 0.785. The van der Waals surface area contributed by atoms with Crippen LogP contribution in [0.3, 0.4) is 0 Å². The minimum Gasteiger partial charge on any atom is -0.396 e. The lowest BCUT2D eigenvalue weighted by Crippen LogP contribution is -2.38. The SMILES string of the molecule is CC(C)N1CCc2cc(Nc3cc4cc(Cc5cc6ccncc6[nH]5)c(F)c(N)c4cn3)nn2CC1=O. The largest absolute Gasteiger partial charge is 0.396 e. The number of rotatable bonds is 5. The molecule has 37 heavy (non-hydrogen) atoms. The summed E-state index contributed by atoms with van der Waals surface area (Å²) >= 11 is 0. The second kappa shape index (κ2) is 8.88. The lowest BCUT2D eigenvalue weighted by Gasteiger charge is -2.24. The molecule has 0 bridgehead atoms. The zero-order chi connectivity index (χ0) is 25.7. The molecular weight excluding hydrogens is 471 g/mol.